The molecule has 1 nitrogen and oxygen atoms in total. The van der Waals surface area contributed by atoms with Crippen LogP contribution in [0.1, 0.15) is 16.2 Å². The highest BCUT2D eigenvalue weighted by Crippen LogP contribution is 2.27. The Bertz CT molecular complexity index is 285. The van der Waals surface area contributed by atoms with Gasteiger partial charge in [0, 0.05) is 20.6 Å². The van der Waals surface area contributed by atoms with Gasteiger partial charge in [0.1, 0.15) is 0 Å². The second-order valence-electron chi connectivity index (χ2n) is 2.29. The third-order valence-corrected chi connectivity index (χ3v) is 3.42. The normalized spacial score (nSPS) is 9.55. The summed E-state index contributed by atoms with van der Waals surface area (Å²) in [6, 6.07) is 4.23. The maximum absolute atomic E-state index is 8.36. The Morgan fingerprint density at radius 1 is 1.73 bits per heavy atom. The molecule has 0 saturated heterocycles. The van der Waals surface area contributed by atoms with Crippen molar-refractivity contribution in [3.05, 3.63) is 20.3 Å². The molecule has 0 atom stereocenters. The summed E-state index contributed by atoms with van der Waals surface area (Å²) < 4.78 is 1.15. The van der Waals surface area contributed by atoms with Crippen LogP contribution in [0.15, 0.2) is 10.5 Å². The lowest BCUT2D eigenvalue weighted by atomic mass is 10.3. The standard InChI is InChI=1S/C8H8BrNS/c1-6-5-7(9)8(11-6)3-2-4-10/h5H,2-3H2,1H3. The molecule has 3 heteroatoms. The van der Waals surface area contributed by atoms with Crippen LogP contribution >= 0.6 is 27.3 Å². The zero-order valence-electron chi connectivity index (χ0n) is 6.22. The van der Waals surface area contributed by atoms with Gasteiger partial charge >= 0.3 is 0 Å². The number of nitriles is 1. The van der Waals surface area contributed by atoms with E-state index in [1.54, 1.807) is 11.3 Å². The van der Waals surface area contributed by atoms with E-state index >= 15 is 0 Å². The highest BCUT2D eigenvalue weighted by molar-refractivity contribution is 9.10. The Hall–Kier alpha value is -0.330. The predicted molar refractivity (Wildman–Crippen MR) is 50.7 cm³/mol. The van der Waals surface area contributed by atoms with Crippen molar-refractivity contribution >= 4 is 27.3 Å². The van der Waals surface area contributed by atoms with E-state index in [1.165, 1.54) is 9.75 Å². The Kier molecular flexibility index (Phi) is 3.10. The lowest BCUT2D eigenvalue weighted by Crippen LogP contribution is -1.76. The smallest absolute Gasteiger partial charge is 0.0625 e. The number of halogens is 1. The summed E-state index contributed by atoms with van der Waals surface area (Å²) in [5.41, 5.74) is 0. The number of nitrogens with zero attached hydrogens (tertiary/aromatic N) is 1. The molecule has 0 saturated carbocycles. The topological polar surface area (TPSA) is 23.8 Å². The minimum atomic E-state index is 0.610. The molecule has 1 aromatic heterocycles. The van der Waals surface area contributed by atoms with E-state index in [-0.39, 0.29) is 0 Å². The highest BCUT2D eigenvalue weighted by atomic mass is 79.9. The molecular formula is C8H8BrNS. The molecule has 0 amide bonds. The second-order valence-corrected chi connectivity index (χ2v) is 4.48. The Balaban J connectivity index is 2.71. The summed E-state index contributed by atoms with van der Waals surface area (Å²) in [6.45, 7) is 2.07. The van der Waals surface area contributed by atoms with Crippen LogP contribution in [0.2, 0.25) is 0 Å². The monoisotopic (exact) mass is 229 g/mol. The first kappa shape index (κ1) is 8.76. The molecule has 0 fully saturated rings. The summed E-state index contributed by atoms with van der Waals surface area (Å²) in [5.74, 6) is 0. The third kappa shape index (κ3) is 2.32. The molecule has 0 aliphatic rings. The van der Waals surface area contributed by atoms with E-state index < -0.39 is 0 Å². The number of hydrogen-bond donors (Lipinski definition) is 0. The van der Waals surface area contributed by atoms with Crippen LogP contribution in [0.25, 0.3) is 0 Å². The summed E-state index contributed by atoms with van der Waals surface area (Å²) in [5, 5.41) is 8.36. The average molecular weight is 230 g/mol. The molecule has 0 aliphatic carbocycles. The molecular weight excluding hydrogens is 222 g/mol. The molecule has 1 aromatic rings. The second kappa shape index (κ2) is 3.89. The van der Waals surface area contributed by atoms with E-state index in [1.807, 2.05) is 0 Å². The highest BCUT2D eigenvalue weighted by Gasteiger charge is 2.02. The summed E-state index contributed by atoms with van der Waals surface area (Å²) in [4.78, 5) is 2.58. The molecule has 11 heavy (non-hydrogen) atoms. The summed E-state index contributed by atoms with van der Waals surface area (Å²) in [7, 11) is 0. The molecule has 0 aromatic carbocycles. The molecule has 0 N–H and O–H groups in total. The van der Waals surface area contributed by atoms with Gasteiger partial charge in [0.2, 0.25) is 0 Å². The molecule has 1 heterocycles. The first-order valence-corrected chi connectivity index (χ1v) is 4.96. The minimum Gasteiger partial charge on any atom is -0.198 e. The van der Waals surface area contributed by atoms with Gasteiger partial charge in [-0.2, -0.15) is 5.26 Å². The van der Waals surface area contributed by atoms with Crippen LogP contribution in [0, 0.1) is 18.3 Å². The fraction of sp³-hybridized carbons (Fsp3) is 0.375. The number of thiophene rings is 1. The number of hydrogen-bond acceptors (Lipinski definition) is 2. The van der Waals surface area contributed by atoms with Gasteiger partial charge in [0.15, 0.2) is 0 Å². The molecule has 0 unspecified atom stereocenters. The van der Waals surface area contributed by atoms with Gasteiger partial charge in [-0.25, -0.2) is 0 Å². The van der Waals surface area contributed by atoms with Crippen molar-refractivity contribution in [3.63, 3.8) is 0 Å². The van der Waals surface area contributed by atoms with Gasteiger partial charge in [-0.05, 0) is 35.3 Å². The lowest BCUT2D eigenvalue weighted by molar-refractivity contribution is 1.03. The van der Waals surface area contributed by atoms with E-state index in [2.05, 4.69) is 35.0 Å². The van der Waals surface area contributed by atoms with Crippen LogP contribution in [0.3, 0.4) is 0 Å². The van der Waals surface area contributed by atoms with Gasteiger partial charge < -0.3 is 0 Å². The van der Waals surface area contributed by atoms with E-state index in [0.717, 1.165) is 10.9 Å². The van der Waals surface area contributed by atoms with Crippen LogP contribution in [-0.4, -0.2) is 0 Å². The van der Waals surface area contributed by atoms with Crippen molar-refractivity contribution in [2.45, 2.75) is 19.8 Å². The fourth-order valence-electron chi connectivity index (χ4n) is 0.871. The van der Waals surface area contributed by atoms with Gasteiger partial charge in [-0.3, -0.25) is 0 Å². The lowest BCUT2D eigenvalue weighted by Gasteiger charge is -1.89. The van der Waals surface area contributed by atoms with Crippen LogP contribution in [-0.2, 0) is 6.42 Å². The molecule has 58 valence electrons. The first-order chi connectivity index (χ1) is 5.24. The maximum Gasteiger partial charge on any atom is 0.0625 e. The zero-order chi connectivity index (χ0) is 8.27. The minimum absolute atomic E-state index is 0.610. The molecule has 0 spiro atoms. The maximum atomic E-state index is 8.36. The molecule has 0 bridgehead atoms. The Morgan fingerprint density at radius 2 is 2.45 bits per heavy atom. The van der Waals surface area contributed by atoms with Crippen molar-refractivity contribution in [2.24, 2.45) is 0 Å². The zero-order valence-corrected chi connectivity index (χ0v) is 8.63. The van der Waals surface area contributed by atoms with Crippen molar-refractivity contribution in [2.75, 3.05) is 0 Å². The molecule has 0 aliphatic heterocycles. The Labute approximate surface area is 78.8 Å². The van der Waals surface area contributed by atoms with E-state index in [4.69, 9.17) is 5.26 Å². The molecule has 1 rings (SSSR count). The van der Waals surface area contributed by atoms with Gasteiger partial charge in [-0.1, -0.05) is 0 Å². The number of rotatable bonds is 2. The van der Waals surface area contributed by atoms with Gasteiger partial charge in [-0.15, -0.1) is 11.3 Å². The van der Waals surface area contributed by atoms with Crippen LogP contribution in [0.5, 0.6) is 0 Å². The summed E-state index contributed by atoms with van der Waals surface area (Å²) >= 11 is 5.20. The van der Waals surface area contributed by atoms with Crippen LogP contribution < -0.4 is 0 Å². The van der Waals surface area contributed by atoms with Crippen molar-refractivity contribution in [1.82, 2.24) is 0 Å². The fourth-order valence-corrected chi connectivity index (χ4v) is 2.73. The number of aryl methyl sites for hydroxylation is 2. The quantitative estimate of drug-likeness (QED) is 0.764. The van der Waals surface area contributed by atoms with E-state index in [0.29, 0.717) is 6.42 Å². The largest absolute Gasteiger partial charge is 0.198 e. The summed E-state index contributed by atoms with van der Waals surface area (Å²) in [6.07, 6.45) is 1.48. The van der Waals surface area contributed by atoms with Crippen molar-refractivity contribution < 1.29 is 0 Å². The first-order valence-electron chi connectivity index (χ1n) is 3.36. The predicted octanol–water partition coefficient (Wildman–Crippen LogP) is 3.28. The molecule has 0 radical (unpaired) electrons. The van der Waals surface area contributed by atoms with E-state index in [9.17, 15) is 0 Å². The van der Waals surface area contributed by atoms with Crippen LogP contribution in [0.4, 0.5) is 0 Å². The van der Waals surface area contributed by atoms with Gasteiger partial charge in [0.05, 0.1) is 6.07 Å². The van der Waals surface area contributed by atoms with Crippen molar-refractivity contribution in [3.8, 4) is 6.07 Å². The van der Waals surface area contributed by atoms with Crippen molar-refractivity contribution in [1.29, 1.82) is 5.26 Å². The Morgan fingerprint density at radius 3 is 2.91 bits per heavy atom. The SMILES string of the molecule is Cc1cc(Br)c(CCC#N)s1. The third-order valence-electron chi connectivity index (χ3n) is 1.34. The average Bonchev–Trinajstić information content (AvgIpc) is 2.26. The van der Waals surface area contributed by atoms with Gasteiger partial charge in [0.25, 0.3) is 0 Å².